The molecule has 0 heterocycles. The molecule has 1 amide bonds. The molecule has 1 aromatic rings. The fraction of sp³-hybridized carbons (Fsp3) is 0.462. The van der Waals surface area contributed by atoms with Crippen molar-refractivity contribution in [1.29, 1.82) is 0 Å². The smallest absolute Gasteiger partial charge is 0.233 e. The molecule has 0 aromatic heterocycles. The van der Waals surface area contributed by atoms with Gasteiger partial charge in [-0.3, -0.25) is 4.79 Å². The van der Waals surface area contributed by atoms with E-state index in [1.807, 2.05) is 21.0 Å². The maximum atomic E-state index is 11.2. The van der Waals surface area contributed by atoms with Crippen LogP contribution in [-0.4, -0.2) is 33.1 Å². The highest BCUT2D eigenvalue weighted by atomic mass is 16.1. The minimum absolute atomic E-state index is 0.0393. The highest BCUT2D eigenvalue weighted by molar-refractivity contribution is 5.77. The molecule has 0 atom stereocenters. The number of rotatable bonds is 6. The van der Waals surface area contributed by atoms with Gasteiger partial charge in [-0.1, -0.05) is 12.1 Å². The van der Waals surface area contributed by atoms with Gasteiger partial charge in [0.05, 0.1) is 6.54 Å². The van der Waals surface area contributed by atoms with Crippen LogP contribution < -0.4 is 15.5 Å². The predicted molar refractivity (Wildman–Crippen MR) is 71.2 cm³/mol. The molecule has 0 bridgehead atoms. The summed E-state index contributed by atoms with van der Waals surface area (Å²) in [6, 6.07) is 8.28. The number of nitrogens with zero attached hydrogens (tertiary/aromatic N) is 1. The quantitative estimate of drug-likeness (QED) is 0.772. The fourth-order valence-electron chi connectivity index (χ4n) is 1.49. The Hall–Kier alpha value is -1.55. The van der Waals surface area contributed by atoms with Crippen molar-refractivity contribution in [2.24, 2.45) is 0 Å². The van der Waals surface area contributed by atoms with Gasteiger partial charge in [0.25, 0.3) is 0 Å². The summed E-state index contributed by atoms with van der Waals surface area (Å²) in [7, 11) is 4.03. The van der Waals surface area contributed by atoms with Gasteiger partial charge in [-0.05, 0) is 24.6 Å². The van der Waals surface area contributed by atoms with Crippen molar-refractivity contribution in [2.45, 2.75) is 13.5 Å². The molecule has 1 aromatic carbocycles. The largest absolute Gasteiger partial charge is 0.378 e. The number of nitrogens with one attached hydrogen (secondary N) is 2. The van der Waals surface area contributed by atoms with Crippen molar-refractivity contribution in [3.63, 3.8) is 0 Å². The Morgan fingerprint density at radius 2 is 1.88 bits per heavy atom. The summed E-state index contributed by atoms with van der Waals surface area (Å²) in [6.45, 7) is 3.67. The predicted octanol–water partition coefficient (Wildman–Crippen LogP) is 0.978. The Morgan fingerprint density at radius 1 is 1.24 bits per heavy atom. The van der Waals surface area contributed by atoms with Crippen LogP contribution in [0.25, 0.3) is 0 Å². The first-order valence-corrected chi connectivity index (χ1v) is 5.87. The molecular formula is C13H21N3O. The third kappa shape index (κ3) is 4.87. The van der Waals surface area contributed by atoms with Crippen LogP contribution in [0.3, 0.4) is 0 Å². The number of hydrogen-bond acceptors (Lipinski definition) is 3. The summed E-state index contributed by atoms with van der Waals surface area (Å²) in [5, 5.41) is 5.86. The second kappa shape index (κ2) is 6.91. The van der Waals surface area contributed by atoms with Crippen molar-refractivity contribution < 1.29 is 4.79 Å². The minimum atomic E-state index is 0.0393. The monoisotopic (exact) mass is 235 g/mol. The lowest BCUT2D eigenvalue weighted by Crippen LogP contribution is -2.33. The van der Waals surface area contributed by atoms with Crippen LogP contribution in [0.15, 0.2) is 24.3 Å². The molecular weight excluding hydrogens is 214 g/mol. The Labute approximate surface area is 103 Å². The third-order valence-corrected chi connectivity index (χ3v) is 2.44. The van der Waals surface area contributed by atoms with E-state index in [0.717, 1.165) is 0 Å². The van der Waals surface area contributed by atoms with Gasteiger partial charge in [0, 0.05) is 32.9 Å². The van der Waals surface area contributed by atoms with E-state index in [1.165, 1.54) is 11.3 Å². The summed E-state index contributed by atoms with van der Waals surface area (Å²) in [4.78, 5) is 13.3. The Balaban J connectivity index is 2.35. The van der Waals surface area contributed by atoms with E-state index in [0.29, 0.717) is 19.6 Å². The van der Waals surface area contributed by atoms with E-state index in [4.69, 9.17) is 0 Å². The summed E-state index contributed by atoms with van der Waals surface area (Å²) in [6.07, 6.45) is 0. The maximum absolute atomic E-state index is 11.2. The van der Waals surface area contributed by atoms with Gasteiger partial charge in [0.15, 0.2) is 0 Å². The average molecular weight is 235 g/mol. The molecule has 2 N–H and O–H groups in total. The number of amides is 1. The van der Waals surface area contributed by atoms with E-state index >= 15 is 0 Å². The number of benzene rings is 1. The highest BCUT2D eigenvalue weighted by Gasteiger charge is 1.99. The lowest BCUT2D eigenvalue weighted by Gasteiger charge is -2.12. The van der Waals surface area contributed by atoms with Gasteiger partial charge in [0.1, 0.15) is 0 Å². The topological polar surface area (TPSA) is 44.4 Å². The van der Waals surface area contributed by atoms with Gasteiger partial charge in [-0.2, -0.15) is 0 Å². The van der Waals surface area contributed by atoms with E-state index < -0.39 is 0 Å². The maximum Gasteiger partial charge on any atom is 0.233 e. The second-order valence-electron chi connectivity index (χ2n) is 4.12. The summed E-state index contributed by atoms with van der Waals surface area (Å²) >= 11 is 0. The Bertz CT molecular complexity index is 346. The molecule has 0 aliphatic carbocycles. The number of likely N-dealkylation sites (N-methyl/N-ethyl adjacent to an activating group) is 1. The van der Waals surface area contributed by atoms with Crippen LogP contribution in [0.2, 0.25) is 0 Å². The Kier molecular flexibility index (Phi) is 5.49. The molecule has 0 aliphatic heterocycles. The van der Waals surface area contributed by atoms with Crippen molar-refractivity contribution >= 4 is 11.6 Å². The van der Waals surface area contributed by atoms with Crippen molar-refractivity contribution in [2.75, 3.05) is 32.1 Å². The van der Waals surface area contributed by atoms with E-state index in [-0.39, 0.29) is 5.91 Å². The van der Waals surface area contributed by atoms with Gasteiger partial charge in [-0.15, -0.1) is 0 Å². The van der Waals surface area contributed by atoms with Crippen LogP contribution in [0.1, 0.15) is 12.5 Å². The molecule has 0 radical (unpaired) electrons. The van der Waals surface area contributed by atoms with Crippen molar-refractivity contribution in [3.05, 3.63) is 29.8 Å². The van der Waals surface area contributed by atoms with Crippen LogP contribution in [0.4, 0.5) is 5.69 Å². The first-order chi connectivity index (χ1) is 8.13. The van der Waals surface area contributed by atoms with Crippen LogP contribution >= 0.6 is 0 Å². The SMILES string of the molecule is CCNC(=O)CNCc1ccc(N(C)C)cc1. The van der Waals surface area contributed by atoms with Crippen LogP contribution in [-0.2, 0) is 11.3 Å². The molecule has 0 fully saturated rings. The zero-order valence-corrected chi connectivity index (χ0v) is 10.8. The molecule has 0 saturated carbocycles. The van der Waals surface area contributed by atoms with Crippen LogP contribution in [0, 0.1) is 0 Å². The number of anilines is 1. The molecule has 1 rings (SSSR count). The molecule has 0 unspecified atom stereocenters. The van der Waals surface area contributed by atoms with Gasteiger partial charge >= 0.3 is 0 Å². The van der Waals surface area contributed by atoms with E-state index in [1.54, 1.807) is 0 Å². The average Bonchev–Trinajstić information content (AvgIpc) is 2.30. The number of carbonyl (C=O) groups is 1. The van der Waals surface area contributed by atoms with Crippen molar-refractivity contribution in [3.8, 4) is 0 Å². The normalized spacial score (nSPS) is 10.1. The minimum Gasteiger partial charge on any atom is -0.378 e. The van der Waals surface area contributed by atoms with Gasteiger partial charge in [-0.25, -0.2) is 0 Å². The van der Waals surface area contributed by atoms with Gasteiger partial charge in [0.2, 0.25) is 5.91 Å². The molecule has 4 nitrogen and oxygen atoms in total. The molecule has 17 heavy (non-hydrogen) atoms. The fourth-order valence-corrected chi connectivity index (χ4v) is 1.49. The molecule has 0 aliphatic rings. The molecule has 0 spiro atoms. The zero-order chi connectivity index (χ0) is 12.7. The first-order valence-electron chi connectivity index (χ1n) is 5.87. The summed E-state index contributed by atoms with van der Waals surface area (Å²) < 4.78 is 0. The Morgan fingerprint density at radius 3 is 2.41 bits per heavy atom. The first kappa shape index (κ1) is 13.5. The lowest BCUT2D eigenvalue weighted by molar-refractivity contribution is -0.120. The van der Waals surface area contributed by atoms with Crippen LogP contribution in [0.5, 0.6) is 0 Å². The lowest BCUT2D eigenvalue weighted by atomic mass is 10.2. The molecule has 94 valence electrons. The standard InChI is InChI=1S/C13H21N3O/c1-4-15-13(17)10-14-9-11-5-7-12(8-6-11)16(2)3/h5-8,14H,4,9-10H2,1-3H3,(H,15,17). The number of hydrogen-bond donors (Lipinski definition) is 2. The second-order valence-corrected chi connectivity index (χ2v) is 4.12. The zero-order valence-electron chi connectivity index (χ0n) is 10.8. The highest BCUT2D eigenvalue weighted by Crippen LogP contribution is 2.11. The van der Waals surface area contributed by atoms with Crippen molar-refractivity contribution in [1.82, 2.24) is 10.6 Å². The number of carbonyl (C=O) groups excluding carboxylic acids is 1. The van der Waals surface area contributed by atoms with E-state index in [9.17, 15) is 4.79 Å². The summed E-state index contributed by atoms with van der Waals surface area (Å²) in [5.74, 6) is 0.0393. The van der Waals surface area contributed by atoms with Gasteiger partial charge < -0.3 is 15.5 Å². The molecule has 4 heteroatoms. The van der Waals surface area contributed by atoms with E-state index in [2.05, 4.69) is 39.8 Å². The molecule has 0 saturated heterocycles. The third-order valence-electron chi connectivity index (χ3n) is 2.44. The summed E-state index contributed by atoms with van der Waals surface area (Å²) in [5.41, 5.74) is 2.36.